The van der Waals surface area contributed by atoms with Crippen LogP contribution in [0.3, 0.4) is 0 Å². The molecule has 1 saturated heterocycles. The molecule has 1 aliphatic heterocycles. The van der Waals surface area contributed by atoms with E-state index in [1.165, 1.54) is 12.8 Å². The van der Waals surface area contributed by atoms with Crippen molar-refractivity contribution in [3.05, 3.63) is 11.6 Å². The van der Waals surface area contributed by atoms with Crippen LogP contribution in [0.25, 0.3) is 0 Å². The molecule has 1 aromatic rings. The van der Waals surface area contributed by atoms with E-state index < -0.39 is 0 Å². The number of fused-ring (bicyclic) bond motifs is 1. The van der Waals surface area contributed by atoms with Crippen molar-refractivity contribution in [3.8, 4) is 0 Å². The lowest BCUT2D eigenvalue weighted by Gasteiger charge is -2.43. The number of morpholine rings is 1. The molecular formula is C14H22N4O2. The van der Waals surface area contributed by atoms with E-state index in [2.05, 4.69) is 15.2 Å². The quantitative estimate of drug-likeness (QED) is 0.894. The first-order valence-corrected chi connectivity index (χ1v) is 7.51. The average molecular weight is 278 g/mol. The summed E-state index contributed by atoms with van der Waals surface area (Å²) in [7, 11) is 0. The van der Waals surface area contributed by atoms with Gasteiger partial charge in [0.1, 0.15) is 5.82 Å². The van der Waals surface area contributed by atoms with Crippen molar-refractivity contribution in [2.24, 2.45) is 0 Å². The fourth-order valence-electron chi connectivity index (χ4n) is 3.11. The van der Waals surface area contributed by atoms with Gasteiger partial charge in [-0.05, 0) is 12.8 Å². The van der Waals surface area contributed by atoms with E-state index in [-0.39, 0.29) is 24.0 Å². The number of carbonyl (C=O) groups excluding carboxylic acids is 1. The summed E-state index contributed by atoms with van der Waals surface area (Å²) >= 11 is 0. The summed E-state index contributed by atoms with van der Waals surface area (Å²) in [6.07, 6.45) is 4.64. The zero-order valence-corrected chi connectivity index (χ0v) is 12.1. The topological polar surface area (TPSA) is 71.1 Å². The fourth-order valence-corrected chi connectivity index (χ4v) is 3.11. The van der Waals surface area contributed by atoms with Crippen molar-refractivity contribution in [1.29, 1.82) is 0 Å². The van der Waals surface area contributed by atoms with Crippen molar-refractivity contribution in [2.45, 2.75) is 57.6 Å². The summed E-state index contributed by atoms with van der Waals surface area (Å²) in [5, 5.41) is 6.94. The number of aromatic nitrogens is 3. The highest BCUT2D eigenvalue weighted by Gasteiger charge is 2.38. The minimum atomic E-state index is -0.0617. The van der Waals surface area contributed by atoms with Crippen molar-refractivity contribution < 1.29 is 9.53 Å². The molecule has 2 aliphatic rings. The van der Waals surface area contributed by atoms with E-state index in [1.807, 2.05) is 18.7 Å². The Morgan fingerprint density at radius 3 is 2.95 bits per heavy atom. The third kappa shape index (κ3) is 2.44. The van der Waals surface area contributed by atoms with Gasteiger partial charge in [0.2, 0.25) is 5.82 Å². The van der Waals surface area contributed by atoms with Crippen LogP contribution in [-0.2, 0) is 4.74 Å². The van der Waals surface area contributed by atoms with Crippen molar-refractivity contribution in [3.63, 3.8) is 0 Å². The second-order valence-corrected chi connectivity index (χ2v) is 5.96. The Morgan fingerprint density at radius 1 is 1.40 bits per heavy atom. The van der Waals surface area contributed by atoms with E-state index in [0.29, 0.717) is 19.0 Å². The van der Waals surface area contributed by atoms with E-state index in [4.69, 9.17) is 4.74 Å². The Hall–Kier alpha value is -1.43. The van der Waals surface area contributed by atoms with Gasteiger partial charge < -0.3 is 9.64 Å². The van der Waals surface area contributed by atoms with Gasteiger partial charge in [-0.2, -0.15) is 0 Å². The Morgan fingerprint density at radius 2 is 2.20 bits per heavy atom. The van der Waals surface area contributed by atoms with Crippen molar-refractivity contribution in [2.75, 3.05) is 13.2 Å². The van der Waals surface area contributed by atoms with Crippen LogP contribution >= 0.6 is 0 Å². The van der Waals surface area contributed by atoms with Crippen LogP contribution in [0.5, 0.6) is 0 Å². The summed E-state index contributed by atoms with van der Waals surface area (Å²) in [6, 6.07) is 0.200. The molecule has 20 heavy (non-hydrogen) atoms. The third-order valence-corrected chi connectivity index (χ3v) is 4.23. The van der Waals surface area contributed by atoms with Crippen LogP contribution in [-0.4, -0.2) is 51.3 Å². The lowest BCUT2D eigenvalue weighted by Crippen LogP contribution is -2.55. The molecule has 1 N–H and O–H groups in total. The molecule has 1 saturated carbocycles. The lowest BCUT2D eigenvalue weighted by molar-refractivity contribution is -0.0755. The molecule has 6 heteroatoms. The molecule has 0 bridgehead atoms. The predicted molar refractivity (Wildman–Crippen MR) is 73.5 cm³/mol. The first kappa shape index (κ1) is 13.5. The highest BCUT2D eigenvalue weighted by molar-refractivity contribution is 5.90. The van der Waals surface area contributed by atoms with Gasteiger partial charge >= 0.3 is 0 Å². The third-order valence-electron chi connectivity index (χ3n) is 4.23. The second kappa shape index (κ2) is 5.52. The van der Waals surface area contributed by atoms with Gasteiger partial charge in [0.15, 0.2) is 0 Å². The molecule has 2 fully saturated rings. The van der Waals surface area contributed by atoms with Crippen LogP contribution in [0.4, 0.5) is 0 Å². The van der Waals surface area contributed by atoms with E-state index in [1.54, 1.807) is 0 Å². The van der Waals surface area contributed by atoms with Gasteiger partial charge in [-0.3, -0.25) is 9.89 Å². The summed E-state index contributed by atoms with van der Waals surface area (Å²) in [5.41, 5.74) is 0. The summed E-state index contributed by atoms with van der Waals surface area (Å²) in [5.74, 6) is 1.24. The number of hydrogen-bond donors (Lipinski definition) is 1. The average Bonchev–Trinajstić information content (AvgIpc) is 2.96. The van der Waals surface area contributed by atoms with Gasteiger partial charge in [-0.25, -0.2) is 4.98 Å². The number of ether oxygens (including phenoxy) is 1. The van der Waals surface area contributed by atoms with E-state index in [0.717, 1.165) is 18.7 Å². The van der Waals surface area contributed by atoms with Crippen LogP contribution in [0.2, 0.25) is 0 Å². The second-order valence-electron chi connectivity index (χ2n) is 5.96. The van der Waals surface area contributed by atoms with Gasteiger partial charge in [-0.1, -0.05) is 26.7 Å². The first-order chi connectivity index (χ1) is 9.66. The molecule has 6 nitrogen and oxygen atoms in total. The molecule has 2 atom stereocenters. The largest absolute Gasteiger partial charge is 0.374 e. The number of carbonyl (C=O) groups is 1. The molecule has 110 valence electrons. The highest BCUT2D eigenvalue weighted by atomic mass is 16.5. The van der Waals surface area contributed by atoms with Gasteiger partial charge in [-0.15, -0.1) is 5.10 Å². The summed E-state index contributed by atoms with van der Waals surface area (Å²) < 4.78 is 5.80. The molecule has 1 aliphatic carbocycles. The number of hydrogen-bond acceptors (Lipinski definition) is 4. The molecule has 0 aromatic carbocycles. The first-order valence-electron chi connectivity index (χ1n) is 7.51. The summed E-state index contributed by atoms with van der Waals surface area (Å²) in [4.78, 5) is 18.9. The predicted octanol–water partition coefficient (Wildman–Crippen LogP) is 1.71. The van der Waals surface area contributed by atoms with Crippen molar-refractivity contribution >= 4 is 5.91 Å². The number of nitrogens with zero attached hydrogens (tertiary/aromatic N) is 3. The molecule has 2 heterocycles. The number of amides is 1. The van der Waals surface area contributed by atoms with E-state index >= 15 is 0 Å². The van der Waals surface area contributed by atoms with Gasteiger partial charge in [0.25, 0.3) is 5.91 Å². The highest BCUT2D eigenvalue weighted by Crippen LogP contribution is 2.29. The molecule has 0 spiro atoms. The van der Waals surface area contributed by atoms with Gasteiger partial charge in [0, 0.05) is 12.5 Å². The normalized spacial score (nSPS) is 26.6. The zero-order valence-electron chi connectivity index (χ0n) is 12.1. The number of H-pyrrole nitrogens is 1. The SMILES string of the molecule is CC(C)c1nc(C(=O)N2CCOC3CCCCC32)n[nH]1. The maximum Gasteiger partial charge on any atom is 0.293 e. The Labute approximate surface area is 118 Å². The molecule has 0 radical (unpaired) electrons. The Kier molecular flexibility index (Phi) is 3.74. The molecule has 2 unspecified atom stereocenters. The van der Waals surface area contributed by atoms with Gasteiger partial charge in [0.05, 0.1) is 18.8 Å². The molecule has 1 amide bonds. The number of aromatic amines is 1. The zero-order chi connectivity index (χ0) is 14.1. The van der Waals surface area contributed by atoms with Crippen molar-refractivity contribution in [1.82, 2.24) is 20.1 Å². The lowest BCUT2D eigenvalue weighted by atomic mass is 9.90. The van der Waals surface area contributed by atoms with Crippen LogP contribution in [0.1, 0.15) is 61.9 Å². The molecule has 1 aromatic heterocycles. The smallest absolute Gasteiger partial charge is 0.293 e. The van der Waals surface area contributed by atoms with Crippen LogP contribution in [0, 0.1) is 0 Å². The molecule has 3 rings (SSSR count). The standard InChI is InChI=1S/C14H22N4O2/c1-9(2)12-15-13(17-16-12)14(19)18-7-8-20-11-6-4-3-5-10(11)18/h9-11H,3-8H2,1-2H3,(H,15,16,17). The maximum atomic E-state index is 12.6. The minimum absolute atomic E-state index is 0.0617. The fraction of sp³-hybridized carbons (Fsp3) is 0.786. The Bertz CT molecular complexity index is 483. The minimum Gasteiger partial charge on any atom is -0.374 e. The maximum absolute atomic E-state index is 12.6. The van der Waals surface area contributed by atoms with Crippen LogP contribution < -0.4 is 0 Å². The molecular weight excluding hydrogens is 256 g/mol. The monoisotopic (exact) mass is 278 g/mol. The number of rotatable bonds is 2. The van der Waals surface area contributed by atoms with Crippen LogP contribution in [0.15, 0.2) is 0 Å². The van der Waals surface area contributed by atoms with E-state index in [9.17, 15) is 4.79 Å². The summed E-state index contributed by atoms with van der Waals surface area (Å²) in [6.45, 7) is 5.32. The number of nitrogens with one attached hydrogen (secondary N) is 1. The Balaban J connectivity index is 1.77.